The molecule has 1 aromatic rings. The van der Waals surface area contributed by atoms with Crippen molar-refractivity contribution in [2.24, 2.45) is 5.41 Å². The molecule has 1 heterocycles. The number of benzene rings is 1. The van der Waals surface area contributed by atoms with E-state index in [1.165, 1.54) is 0 Å². The molecular formula is C13H15ClO3. The topological polar surface area (TPSA) is 46.5 Å². The summed E-state index contributed by atoms with van der Waals surface area (Å²) in [5, 5.41) is 10.1. The van der Waals surface area contributed by atoms with Crippen molar-refractivity contribution in [3.63, 3.8) is 0 Å². The minimum Gasteiger partial charge on any atom is -0.481 e. The van der Waals surface area contributed by atoms with Crippen LogP contribution >= 0.6 is 11.6 Å². The molecule has 0 saturated carbocycles. The average molecular weight is 255 g/mol. The molecule has 0 amide bonds. The maximum Gasteiger partial charge on any atom is 0.312 e. The Morgan fingerprint density at radius 1 is 1.53 bits per heavy atom. The van der Waals surface area contributed by atoms with Crippen molar-refractivity contribution in [1.82, 2.24) is 0 Å². The van der Waals surface area contributed by atoms with Gasteiger partial charge in [0.25, 0.3) is 0 Å². The van der Waals surface area contributed by atoms with Crippen LogP contribution in [-0.4, -0.2) is 23.8 Å². The van der Waals surface area contributed by atoms with Gasteiger partial charge < -0.3 is 9.84 Å². The van der Waals surface area contributed by atoms with Gasteiger partial charge in [-0.1, -0.05) is 23.7 Å². The maximum atomic E-state index is 11.5. The lowest BCUT2D eigenvalue weighted by atomic mass is 9.76. The van der Waals surface area contributed by atoms with Crippen LogP contribution in [0.5, 0.6) is 0 Å². The summed E-state index contributed by atoms with van der Waals surface area (Å²) in [7, 11) is 0. The first kappa shape index (κ1) is 12.4. The molecule has 2 rings (SSSR count). The summed E-state index contributed by atoms with van der Waals surface area (Å²) in [5.74, 6) is -0.780. The Bertz CT molecular complexity index is 415. The van der Waals surface area contributed by atoms with Gasteiger partial charge in [-0.2, -0.15) is 0 Å². The number of ether oxygens (including phenoxy) is 1. The highest BCUT2D eigenvalue weighted by molar-refractivity contribution is 6.30. The fourth-order valence-electron chi connectivity index (χ4n) is 2.34. The van der Waals surface area contributed by atoms with Gasteiger partial charge in [0.15, 0.2) is 0 Å². The van der Waals surface area contributed by atoms with Crippen LogP contribution in [0.3, 0.4) is 0 Å². The predicted molar refractivity (Wildman–Crippen MR) is 65.3 cm³/mol. The highest BCUT2D eigenvalue weighted by Gasteiger charge is 2.48. The number of carbonyl (C=O) groups is 1. The van der Waals surface area contributed by atoms with E-state index in [-0.39, 0.29) is 6.10 Å². The molecule has 17 heavy (non-hydrogen) atoms. The van der Waals surface area contributed by atoms with Crippen LogP contribution in [0.25, 0.3) is 0 Å². The van der Waals surface area contributed by atoms with Gasteiger partial charge in [-0.05, 0) is 37.5 Å². The van der Waals surface area contributed by atoms with Crippen LogP contribution in [0.4, 0.5) is 0 Å². The van der Waals surface area contributed by atoms with Crippen molar-refractivity contribution >= 4 is 17.6 Å². The van der Waals surface area contributed by atoms with Gasteiger partial charge in [0.2, 0.25) is 0 Å². The Labute approximate surface area is 105 Å². The van der Waals surface area contributed by atoms with Gasteiger partial charge in [-0.3, -0.25) is 4.79 Å². The summed E-state index contributed by atoms with van der Waals surface area (Å²) in [6.45, 7) is 2.35. The SMILES string of the molecule is CC1OCCC1(Cc1ccc(Cl)cc1)C(=O)O. The molecule has 0 radical (unpaired) electrons. The fraction of sp³-hybridized carbons (Fsp3) is 0.462. The third-order valence-corrected chi connectivity index (χ3v) is 3.80. The summed E-state index contributed by atoms with van der Waals surface area (Å²) in [5.41, 5.74) is 0.183. The first-order chi connectivity index (χ1) is 8.04. The van der Waals surface area contributed by atoms with Crippen molar-refractivity contribution in [1.29, 1.82) is 0 Å². The standard InChI is InChI=1S/C13H15ClO3/c1-9-13(12(15)16,6-7-17-9)8-10-2-4-11(14)5-3-10/h2-5,9H,6-8H2,1H3,(H,15,16). The van der Waals surface area contributed by atoms with Gasteiger partial charge >= 0.3 is 5.97 Å². The third kappa shape index (κ3) is 2.31. The lowest BCUT2D eigenvalue weighted by Crippen LogP contribution is -2.39. The second-order valence-corrected chi connectivity index (χ2v) is 4.96. The second kappa shape index (κ2) is 4.67. The van der Waals surface area contributed by atoms with Crippen LogP contribution in [0.15, 0.2) is 24.3 Å². The summed E-state index contributed by atoms with van der Waals surface area (Å²) < 4.78 is 5.42. The molecule has 1 aliphatic rings. The molecule has 92 valence electrons. The Kier molecular flexibility index (Phi) is 3.40. The average Bonchev–Trinajstić information content (AvgIpc) is 2.65. The zero-order valence-electron chi connectivity index (χ0n) is 9.65. The van der Waals surface area contributed by atoms with Gasteiger partial charge in [-0.25, -0.2) is 0 Å². The summed E-state index contributed by atoms with van der Waals surface area (Å²) in [6, 6.07) is 7.32. The second-order valence-electron chi connectivity index (χ2n) is 4.53. The van der Waals surface area contributed by atoms with E-state index >= 15 is 0 Å². The molecule has 4 heteroatoms. The van der Waals surface area contributed by atoms with Crippen LogP contribution in [0, 0.1) is 5.41 Å². The predicted octanol–water partition coefficient (Wildman–Crippen LogP) is 2.76. The van der Waals surface area contributed by atoms with Crippen LogP contribution < -0.4 is 0 Å². The lowest BCUT2D eigenvalue weighted by Gasteiger charge is -2.27. The van der Waals surface area contributed by atoms with E-state index in [0.717, 1.165) is 5.56 Å². The number of carboxylic acid groups (broad SMARTS) is 1. The molecule has 2 atom stereocenters. The number of rotatable bonds is 3. The Morgan fingerprint density at radius 2 is 2.18 bits per heavy atom. The van der Waals surface area contributed by atoms with Gasteiger partial charge in [-0.15, -0.1) is 0 Å². The molecule has 0 bridgehead atoms. The van der Waals surface area contributed by atoms with Gasteiger partial charge in [0.1, 0.15) is 0 Å². The third-order valence-electron chi connectivity index (χ3n) is 3.55. The number of aliphatic carboxylic acids is 1. The van der Waals surface area contributed by atoms with E-state index in [4.69, 9.17) is 16.3 Å². The zero-order chi connectivity index (χ0) is 12.5. The molecule has 0 aromatic heterocycles. The molecule has 0 spiro atoms. The summed E-state index contributed by atoms with van der Waals surface area (Å²) in [4.78, 5) is 11.5. The van der Waals surface area contributed by atoms with Crippen LogP contribution in [-0.2, 0) is 16.0 Å². The molecule has 2 unspecified atom stereocenters. The van der Waals surface area contributed by atoms with E-state index in [0.29, 0.717) is 24.5 Å². The van der Waals surface area contributed by atoms with E-state index in [2.05, 4.69) is 0 Å². The Balaban J connectivity index is 2.24. The monoisotopic (exact) mass is 254 g/mol. The molecular weight excluding hydrogens is 240 g/mol. The minimum absolute atomic E-state index is 0.254. The van der Waals surface area contributed by atoms with E-state index in [1.807, 2.05) is 19.1 Å². The molecule has 0 aliphatic carbocycles. The van der Waals surface area contributed by atoms with E-state index in [9.17, 15) is 9.90 Å². The van der Waals surface area contributed by atoms with Gasteiger partial charge in [0, 0.05) is 11.6 Å². The largest absolute Gasteiger partial charge is 0.481 e. The summed E-state index contributed by atoms with van der Waals surface area (Å²) >= 11 is 5.81. The number of halogens is 1. The zero-order valence-corrected chi connectivity index (χ0v) is 10.4. The fourth-order valence-corrected chi connectivity index (χ4v) is 2.46. The molecule has 1 fully saturated rings. The summed E-state index contributed by atoms with van der Waals surface area (Å²) in [6.07, 6.45) is 0.794. The van der Waals surface area contributed by atoms with E-state index in [1.54, 1.807) is 12.1 Å². The quantitative estimate of drug-likeness (QED) is 0.902. The number of carboxylic acids is 1. The van der Waals surface area contributed by atoms with Crippen molar-refractivity contribution in [2.75, 3.05) is 6.61 Å². The van der Waals surface area contributed by atoms with Crippen molar-refractivity contribution < 1.29 is 14.6 Å². The Morgan fingerprint density at radius 3 is 2.65 bits per heavy atom. The Hall–Kier alpha value is -1.06. The lowest BCUT2D eigenvalue weighted by molar-refractivity contribution is -0.151. The highest BCUT2D eigenvalue weighted by atomic mass is 35.5. The first-order valence-corrected chi connectivity index (χ1v) is 6.02. The smallest absolute Gasteiger partial charge is 0.312 e. The number of hydrogen-bond acceptors (Lipinski definition) is 2. The van der Waals surface area contributed by atoms with Crippen molar-refractivity contribution in [2.45, 2.75) is 25.9 Å². The van der Waals surface area contributed by atoms with Crippen molar-refractivity contribution in [3.8, 4) is 0 Å². The highest BCUT2D eigenvalue weighted by Crippen LogP contribution is 2.38. The van der Waals surface area contributed by atoms with Crippen molar-refractivity contribution in [3.05, 3.63) is 34.9 Å². The molecule has 1 aliphatic heterocycles. The number of hydrogen-bond donors (Lipinski definition) is 1. The minimum atomic E-state index is -0.798. The van der Waals surface area contributed by atoms with E-state index < -0.39 is 11.4 Å². The maximum absolute atomic E-state index is 11.5. The molecule has 1 saturated heterocycles. The molecule has 1 aromatic carbocycles. The van der Waals surface area contributed by atoms with Gasteiger partial charge in [0.05, 0.1) is 11.5 Å². The molecule has 3 nitrogen and oxygen atoms in total. The van der Waals surface area contributed by atoms with Crippen LogP contribution in [0.2, 0.25) is 5.02 Å². The molecule has 1 N–H and O–H groups in total. The normalized spacial score (nSPS) is 28.2. The first-order valence-electron chi connectivity index (χ1n) is 5.64. The van der Waals surface area contributed by atoms with Crippen LogP contribution in [0.1, 0.15) is 18.9 Å².